The van der Waals surface area contributed by atoms with Crippen molar-refractivity contribution >= 4 is 11.9 Å². The number of hydrogen-bond donors (Lipinski definition) is 1. The van der Waals surface area contributed by atoms with Crippen molar-refractivity contribution in [2.45, 2.75) is 63.6 Å². The van der Waals surface area contributed by atoms with Gasteiger partial charge in [-0.1, -0.05) is 30.3 Å². The first-order valence-electron chi connectivity index (χ1n) is 9.17. The van der Waals surface area contributed by atoms with Gasteiger partial charge in [-0.3, -0.25) is 9.59 Å². The van der Waals surface area contributed by atoms with E-state index in [1.54, 1.807) is 7.11 Å². The van der Waals surface area contributed by atoms with Crippen LogP contribution in [0.5, 0.6) is 0 Å². The number of fused-ring (bicyclic) bond motifs is 1. The molecule has 6 heteroatoms. The third-order valence-electron chi connectivity index (χ3n) is 5.39. The highest BCUT2D eigenvalue weighted by Crippen LogP contribution is 2.44. The maximum Gasteiger partial charge on any atom is 0.302 e. The highest BCUT2D eigenvalue weighted by atomic mass is 16.7. The number of esters is 1. The largest absolute Gasteiger partial charge is 0.460 e. The predicted octanol–water partition coefficient (Wildman–Crippen LogP) is 2.38. The Morgan fingerprint density at radius 3 is 2.50 bits per heavy atom. The summed E-state index contributed by atoms with van der Waals surface area (Å²) in [6.45, 7) is 2.84. The predicted molar refractivity (Wildman–Crippen MR) is 95.4 cm³/mol. The Kier molecular flexibility index (Phi) is 5.94. The lowest BCUT2D eigenvalue weighted by atomic mass is 9.71. The molecule has 1 aromatic carbocycles. The van der Waals surface area contributed by atoms with Gasteiger partial charge in [-0.25, -0.2) is 0 Å². The molecule has 0 spiro atoms. The Balaban J connectivity index is 1.86. The van der Waals surface area contributed by atoms with E-state index < -0.39 is 18.4 Å². The van der Waals surface area contributed by atoms with Gasteiger partial charge in [-0.15, -0.1) is 0 Å². The van der Waals surface area contributed by atoms with E-state index in [0.717, 1.165) is 19.3 Å². The topological polar surface area (TPSA) is 73.9 Å². The van der Waals surface area contributed by atoms with Gasteiger partial charge in [-0.05, 0) is 30.7 Å². The van der Waals surface area contributed by atoms with Crippen LogP contribution in [-0.2, 0) is 23.8 Å². The molecule has 0 unspecified atom stereocenters. The molecular weight excluding hydrogens is 334 g/mol. The number of amides is 1. The van der Waals surface area contributed by atoms with Crippen LogP contribution < -0.4 is 5.32 Å². The molecule has 2 aliphatic rings. The zero-order valence-corrected chi connectivity index (χ0v) is 15.5. The SMILES string of the molecule is CO[C@@H]1O[C@@H]2CC[C@H](c3ccccc3)C[C@H]2[C@H](OC(C)=O)[C@@H]1NC(C)=O. The molecule has 1 aliphatic heterocycles. The Hall–Kier alpha value is -1.92. The molecule has 1 saturated heterocycles. The lowest BCUT2D eigenvalue weighted by Crippen LogP contribution is -2.63. The van der Waals surface area contributed by atoms with Gasteiger partial charge in [0.1, 0.15) is 12.1 Å². The van der Waals surface area contributed by atoms with E-state index in [-0.39, 0.29) is 23.9 Å². The first kappa shape index (κ1) is 18.9. The molecule has 6 atom stereocenters. The summed E-state index contributed by atoms with van der Waals surface area (Å²) in [4.78, 5) is 23.4. The average Bonchev–Trinajstić information content (AvgIpc) is 2.63. The van der Waals surface area contributed by atoms with E-state index in [2.05, 4.69) is 17.4 Å². The van der Waals surface area contributed by atoms with Gasteiger partial charge in [0, 0.05) is 26.9 Å². The molecule has 0 aromatic heterocycles. The van der Waals surface area contributed by atoms with E-state index in [9.17, 15) is 9.59 Å². The summed E-state index contributed by atoms with van der Waals surface area (Å²) in [5.74, 6) is -0.161. The van der Waals surface area contributed by atoms with Crippen molar-refractivity contribution in [3.8, 4) is 0 Å². The number of hydrogen-bond acceptors (Lipinski definition) is 5. The van der Waals surface area contributed by atoms with Crippen molar-refractivity contribution < 1.29 is 23.8 Å². The van der Waals surface area contributed by atoms with Crippen LogP contribution >= 0.6 is 0 Å². The molecule has 2 fully saturated rings. The Morgan fingerprint density at radius 2 is 1.88 bits per heavy atom. The number of ether oxygens (including phenoxy) is 3. The number of nitrogens with one attached hydrogen (secondary N) is 1. The van der Waals surface area contributed by atoms with Crippen molar-refractivity contribution in [2.75, 3.05) is 7.11 Å². The van der Waals surface area contributed by atoms with Crippen LogP contribution in [0.4, 0.5) is 0 Å². The van der Waals surface area contributed by atoms with Crippen molar-refractivity contribution in [3.63, 3.8) is 0 Å². The van der Waals surface area contributed by atoms with Crippen LogP contribution in [0.2, 0.25) is 0 Å². The maximum absolute atomic E-state index is 11.7. The van der Waals surface area contributed by atoms with Gasteiger partial charge in [0.25, 0.3) is 0 Å². The fraction of sp³-hybridized carbons (Fsp3) is 0.600. The lowest BCUT2D eigenvalue weighted by molar-refractivity contribution is -0.254. The second-order valence-corrected chi connectivity index (χ2v) is 7.16. The second kappa shape index (κ2) is 8.18. The minimum absolute atomic E-state index is 0.0149. The summed E-state index contributed by atoms with van der Waals surface area (Å²) >= 11 is 0. The molecule has 1 heterocycles. The fourth-order valence-electron chi connectivity index (χ4n) is 4.34. The number of carbonyl (C=O) groups excluding carboxylic acids is 2. The van der Waals surface area contributed by atoms with Crippen LogP contribution in [0, 0.1) is 5.92 Å². The second-order valence-electron chi connectivity index (χ2n) is 7.16. The van der Waals surface area contributed by atoms with Crippen molar-refractivity contribution in [3.05, 3.63) is 35.9 Å². The van der Waals surface area contributed by atoms with Crippen LogP contribution in [0.25, 0.3) is 0 Å². The summed E-state index contributed by atoms with van der Waals surface area (Å²) in [6, 6.07) is 9.86. The standard InChI is InChI=1S/C20H27NO5/c1-12(22)21-18-19(25-13(2)23)16-11-15(14-7-5-4-6-8-14)9-10-17(16)26-20(18)24-3/h4-8,15-20H,9-11H2,1-3H3,(H,21,22)/t15-,16+,17+,18-,19-,20+/m0/s1. The van der Waals surface area contributed by atoms with E-state index in [0.29, 0.717) is 5.92 Å². The summed E-state index contributed by atoms with van der Waals surface area (Å²) in [6.07, 6.45) is 1.59. The minimum Gasteiger partial charge on any atom is -0.460 e. The van der Waals surface area contributed by atoms with Gasteiger partial charge in [-0.2, -0.15) is 0 Å². The molecule has 26 heavy (non-hydrogen) atoms. The maximum atomic E-state index is 11.7. The van der Waals surface area contributed by atoms with Gasteiger partial charge < -0.3 is 19.5 Å². The van der Waals surface area contributed by atoms with Gasteiger partial charge in [0.15, 0.2) is 6.29 Å². The summed E-state index contributed by atoms with van der Waals surface area (Å²) in [5.41, 5.74) is 1.29. The summed E-state index contributed by atoms with van der Waals surface area (Å²) in [7, 11) is 1.54. The van der Waals surface area contributed by atoms with Crippen molar-refractivity contribution in [1.29, 1.82) is 0 Å². The highest BCUT2D eigenvalue weighted by Gasteiger charge is 2.50. The molecule has 1 N–H and O–H groups in total. The van der Waals surface area contributed by atoms with E-state index in [1.807, 2.05) is 18.2 Å². The summed E-state index contributed by atoms with van der Waals surface area (Å²) < 4.78 is 17.2. The fourth-order valence-corrected chi connectivity index (χ4v) is 4.34. The molecule has 142 valence electrons. The lowest BCUT2D eigenvalue weighted by Gasteiger charge is -2.49. The number of rotatable bonds is 4. The molecule has 6 nitrogen and oxygen atoms in total. The van der Waals surface area contributed by atoms with Crippen molar-refractivity contribution in [1.82, 2.24) is 5.32 Å². The first-order valence-corrected chi connectivity index (χ1v) is 9.17. The molecule has 1 amide bonds. The van der Waals surface area contributed by atoms with Crippen molar-refractivity contribution in [2.24, 2.45) is 5.92 Å². The van der Waals surface area contributed by atoms with Gasteiger partial charge >= 0.3 is 5.97 Å². The quantitative estimate of drug-likeness (QED) is 0.834. The summed E-state index contributed by atoms with van der Waals surface area (Å²) in [5, 5.41) is 2.86. The monoisotopic (exact) mass is 361 g/mol. The number of carbonyl (C=O) groups is 2. The highest BCUT2D eigenvalue weighted by molar-refractivity contribution is 5.73. The van der Waals surface area contributed by atoms with Crippen LogP contribution in [0.3, 0.4) is 0 Å². The molecule has 3 rings (SSSR count). The Morgan fingerprint density at radius 1 is 1.15 bits per heavy atom. The molecule has 1 aliphatic carbocycles. The molecular formula is C20H27NO5. The Bertz CT molecular complexity index is 634. The van der Waals surface area contributed by atoms with E-state index in [4.69, 9.17) is 14.2 Å². The van der Waals surface area contributed by atoms with Crippen LogP contribution in [-0.4, -0.2) is 43.5 Å². The number of benzene rings is 1. The molecule has 0 radical (unpaired) electrons. The molecule has 1 aromatic rings. The third-order valence-corrected chi connectivity index (χ3v) is 5.39. The Labute approximate surface area is 154 Å². The van der Waals surface area contributed by atoms with Gasteiger partial charge in [0.2, 0.25) is 5.91 Å². The number of methoxy groups -OCH3 is 1. The molecule has 0 bridgehead atoms. The van der Waals surface area contributed by atoms with E-state index >= 15 is 0 Å². The zero-order valence-electron chi connectivity index (χ0n) is 15.5. The van der Waals surface area contributed by atoms with Crippen LogP contribution in [0.15, 0.2) is 30.3 Å². The minimum atomic E-state index is -0.627. The first-order chi connectivity index (χ1) is 12.5. The normalized spacial score (nSPS) is 33.8. The third kappa shape index (κ3) is 4.07. The smallest absolute Gasteiger partial charge is 0.302 e. The zero-order chi connectivity index (χ0) is 18.7. The van der Waals surface area contributed by atoms with Gasteiger partial charge in [0.05, 0.1) is 6.10 Å². The van der Waals surface area contributed by atoms with Crippen LogP contribution in [0.1, 0.15) is 44.6 Å². The molecule has 1 saturated carbocycles. The average molecular weight is 361 g/mol. The van der Waals surface area contributed by atoms with E-state index in [1.165, 1.54) is 19.4 Å².